The minimum atomic E-state index is -4.74. The molecule has 0 aromatic heterocycles. The van der Waals surface area contributed by atoms with Crippen molar-refractivity contribution in [2.75, 3.05) is 6.54 Å². The molecule has 0 saturated carbocycles. The van der Waals surface area contributed by atoms with Crippen molar-refractivity contribution in [3.05, 3.63) is 65.7 Å². The van der Waals surface area contributed by atoms with Gasteiger partial charge in [0.15, 0.2) is 0 Å². The average molecular weight is 392 g/mol. The van der Waals surface area contributed by atoms with E-state index in [2.05, 4.69) is 10.1 Å². The Kier molecular flexibility index (Phi) is 5.87. The van der Waals surface area contributed by atoms with Crippen LogP contribution in [0, 0.1) is 5.92 Å². The van der Waals surface area contributed by atoms with Crippen molar-refractivity contribution in [2.24, 2.45) is 5.92 Å². The summed E-state index contributed by atoms with van der Waals surface area (Å²) in [5, 5.41) is 2.83. The largest absolute Gasteiger partial charge is 0.573 e. The molecule has 5 nitrogen and oxygen atoms in total. The van der Waals surface area contributed by atoms with Crippen LogP contribution in [0.1, 0.15) is 17.5 Å². The second-order valence-electron chi connectivity index (χ2n) is 6.57. The molecule has 3 rings (SSSR count). The number of alkyl halides is 3. The zero-order valence-corrected chi connectivity index (χ0v) is 14.9. The number of likely N-dealkylation sites (tertiary alicyclic amines) is 1. The van der Waals surface area contributed by atoms with Crippen LogP contribution in [0.2, 0.25) is 0 Å². The van der Waals surface area contributed by atoms with Crippen LogP contribution in [0.3, 0.4) is 0 Å². The highest BCUT2D eigenvalue weighted by Crippen LogP contribution is 2.25. The average Bonchev–Trinajstić information content (AvgIpc) is 3.02. The number of nitrogens with one attached hydrogen (secondary N) is 1. The molecule has 0 aliphatic carbocycles. The quantitative estimate of drug-likeness (QED) is 0.821. The molecule has 2 aromatic rings. The summed E-state index contributed by atoms with van der Waals surface area (Å²) in [4.78, 5) is 26.1. The van der Waals surface area contributed by atoms with Gasteiger partial charge in [0.2, 0.25) is 11.8 Å². The van der Waals surface area contributed by atoms with Crippen molar-refractivity contribution in [1.82, 2.24) is 10.2 Å². The Morgan fingerprint density at radius 2 is 1.75 bits per heavy atom. The minimum Gasteiger partial charge on any atom is -0.406 e. The first kappa shape index (κ1) is 19.7. The predicted molar refractivity (Wildman–Crippen MR) is 94.9 cm³/mol. The summed E-state index contributed by atoms with van der Waals surface area (Å²) >= 11 is 0. The Labute approximate surface area is 160 Å². The maximum absolute atomic E-state index is 12.3. The lowest BCUT2D eigenvalue weighted by Gasteiger charge is -2.17. The molecule has 1 N–H and O–H groups in total. The Bertz CT molecular complexity index is 823. The smallest absolute Gasteiger partial charge is 0.406 e. The fourth-order valence-electron chi connectivity index (χ4n) is 3.05. The first-order valence-electron chi connectivity index (χ1n) is 8.74. The number of rotatable bonds is 6. The van der Waals surface area contributed by atoms with Gasteiger partial charge in [0, 0.05) is 26.1 Å². The molecule has 0 spiro atoms. The third kappa shape index (κ3) is 5.48. The van der Waals surface area contributed by atoms with E-state index < -0.39 is 12.3 Å². The SMILES string of the molecule is O=C(NCc1ccccc1)[C@H]1CC(=O)N(Cc2ccc(OC(F)(F)F)cc2)C1. The van der Waals surface area contributed by atoms with E-state index >= 15 is 0 Å². The number of ether oxygens (including phenoxy) is 1. The lowest BCUT2D eigenvalue weighted by Crippen LogP contribution is -2.32. The monoisotopic (exact) mass is 392 g/mol. The molecule has 1 fully saturated rings. The first-order chi connectivity index (χ1) is 13.3. The van der Waals surface area contributed by atoms with E-state index in [1.165, 1.54) is 29.2 Å². The lowest BCUT2D eigenvalue weighted by atomic mass is 10.1. The Balaban J connectivity index is 1.52. The number of hydrogen-bond acceptors (Lipinski definition) is 3. The van der Waals surface area contributed by atoms with Gasteiger partial charge in [0.25, 0.3) is 0 Å². The molecule has 1 aliphatic rings. The molecule has 0 unspecified atom stereocenters. The van der Waals surface area contributed by atoms with Crippen LogP contribution < -0.4 is 10.1 Å². The Morgan fingerprint density at radius 3 is 2.39 bits per heavy atom. The fraction of sp³-hybridized carbons (Fsp3) is 0.300. The van der Waals surface area contributed by atoms with Gasteiger partial charge in [-0.25, -0.2) is 0 Å². The van der Waals surface area contributed by atoms with Crippen LogP contribution >= 0.6 is 0 Å². The van der Waals surface area contributed by atoms with Gasteiger partial charge in [-0.2, -0.15) is 0 Å². The summed E-state index contributed by atoms with van der Waals surface area (Å²) in [5.41, 5.74) is 1.63. The molecule has 0 bridgehead atoms. The number of amides is 2. The number of nitrogens with zero attached hydrogens (tertiary/aromatic N) is 1. The molecule has 1 atom stereocenters. The third-order valence-electron chi connectivity index (χ3n) is 4.43. The third-order valence-corrected chi connectivity index (χ3v) is 4.43. The number of hydrogen-bond donors (Lipinski definition) is 1. The maximum atomic E-state index is 12.3. The predicted octanol–water partition coefficient (Wildman–Crippen LogP) is 3.25. The molecule has 0 radical (unpaired) electrons. The molecule has 1 heterocycles. The van der Waals surface area contributed by atoms with E-state index in [0.717, 1.165) is 5.56 Å². The van der Waals surface area contributed by atoms with Crippen LogP contribution in [0.4, 0.5) is 13.2 Å². The zero-order chi connectivity index (χ0) is 20.1. The van der Waals surface area contributed by atoms with Crippen molar-refractivity contribution in [2.45, 2.75) is 25.9 Å². The van der Waals surface area contributed by atoms with Crippen LogP contribution in [-0.2, 0) is 22.7 Å². The summed E-state index contributed by atoms with van der Waals surface area (Å²) in [6.45, 7) is 0.902. The van der Waals surface area contributed by atoms with E-state index in [1.807, 2.05) is 30.3 Å². The normalized spacial score (nSPS) is 16.9. The van der Waals surface area contributed by atoms with Crippen LogP contribution in [0.5, 0.6) is 5.75 Å². The van der Waals surface area contributed by atoms with Crippen LogP contribution in [0.15, 0.2) is 54.6 Å². The summed E-state index contributed by atoms with van der Waals surface area (Å²) in [5.74, 6) is -1.10. The van der Waals surface area contributed by atoms with Gasteiger partial charge in [-0.15, -0.1) is 13.2 Å². The molecule has 2 amide bonds. The Morgan fingerprint density at radius 1 is 1.07 bits per heavy atom. The van der Waals surface area contributed by atoms with Crippen molar-refractivity contribution in [1.29, 1.82) is 0 Å². The van der Waals surface area contributed by atoms with Crippen LogP contribution in [-0.4, -0.2) is 29.6 Å². The zero-order valence-electron chi connectivity index (χ0n) is 14.9. The second-order valence-corrected chi connectivity index (χ2v) is 6.57. The Hall–Kier alpha value is -3.03. The van der Waals surface area contributed by atoms with Crippen molar-refractivity contribution >= 4 is 11.8 Å². The highest BCUT2D eigenvalue weighted by Gasteiger charge is 2.34. The number of halogens is 3. The topological polar surface area (TPSA) is 58.6 Å². The standard InChI is InChI=1S/C20H19F3N2O3/c21-20(22,23)28-17-8-6-15(7-9-17)12-25-13-16(10-18(25)26)19(27)24-11-14-4-2-1-3-5-14/h1-9,16H,10-13H2,(H,24,27)/t16-/m0/s1. The highest BCUT2D eigenvalue weighted by atomic mass is 19.4. The van der Waals surface area contributed by atoms with E-state index in [9.17, 15) is 22.8 Å². The molecule has 1 aliphatic heterocycles. The molecule has 1 saturated heterocycles. The summed E-state index contributed by atoms with van der Waals surface area (Å²) in [7, 11) is 0. The van der Waals surface area contributed by atoms with Crippen LogP contribution in [0.25, 0.3) is 0 Å². The van der Waals surface area contributed by atoms with Crippen molar-refractivity contribution < 1.29 is 27.5 Å². The fourth-order valence-corrected chi connectivity index (χ4v) is 3.05. The highest BCUT2D eigenvalue weighted by molar-refractivity contribution is 5.89. The van der Waals surface area contributed by atoms with E-state index in [0.29, 0.717) is 12.1 Å². The van der Waals surface area contributed by atoms with Gasteiger partial charge in [0.1, 0.15) is 5.75 Å². The molecule has 28 heavy (non-hydrogen) atoms. The number of carbonyl (C=O) groups excluding carboxylic acids is 2. The van der Waals surface area contributed by atoms with Gasteiger partial charge in [-0.1, -0.05) is 42.5 Å². The number of carbonyl (C=O) groups is 2. The van der Waals surface area contributed by atoms with Gasteiger partial charge in [-0.3, -0.25) is 9.59 Å². The minimum absolute atomic E-state index is 0.121. The van der Waals surface area contributed by atoms with E-state index in [4.69, 9.17) is 0 Å². The number of benzene rings is 2. The molecular weight excluding hydrogens is 373 g/mol. The van der Waals surface area contributed by atoms with Crippen molar-refractivity contribution in [3.8, 4) is 5.75 Å². The second kappa shape index (κ2) is 8.33. The maximum Gasteiger partial charge on any atom is 0.573 e. The molecule has 148 valence electrons. The van der Waals surface area contributed by atoms with E-state index in [1.54, 1.807) is 0 Å². The lowest BCUT2D eigenvalue weighted by molar-refractivity contribution is -0.274. The van der Waals surface area contributed by atoms with Gasteiger partial charge in [-0.05, 0) is 23.3 Å². The van der Waals surface area contributed by atoms with E-state index in [-0.39, 0.29) is 37.1 Å². The summed E-state index contributed by atoms with van der Waals surface area (Å²) < 4.78 is 40.4. The first-order valence-corrected chi connectivity index (χ1v) is 8.74. The molecule has 2 aromatic carbocycles. The van der Waals surface area contributed by atoms with Gasteiger partial charge in [0.05, 0.1) is 5.92 Å². The molecule has 8 heteroatoms. The van der Waals surface area contributed by atoms with Gasteiger partial charge >= 0.3 is 6.36 Å². The summed E-state index contributed by atoms with van der Waals surface area (Å²) in [6, 6.07) is 14.8. The summed E-state index contributed by atoms with van der Waals surface area (Å²) in [6.07, 6.45) is -4.62. The van der Waals surface area contributed by atoms with Crippen molar-refractivity contribution in [3.63, 3.8) is 0 Å². The van der Waals surface area contributed by atoms with Gasteiger partial charge < -0.3 is 15.0 Å². The molecular formula is C20H19F3N2O3.